The Morgan fingerprint density at radius 3 is 2.94 bits per heavy atom. The molecule has 0 unspecified atom stereocenters. The molecule has 17 heavy (non-hydrogen) atoms. The Balaban J connectivity index is 1.78. The second kappa shape index (κ2) is 5.64. The van der Waals surface area contributed by atoms with Crippen LogP contribution in [0.2, 0.25) is 0 Å². The zero-order chi connectivity index (χ0) is 12.3. The SMILES string of the molecule is CN(CCOCC1CC1)c1nc(N)cc(Br)n1. The number of halogens is 1. The first-order valence-electron chi connectivity index (χ1n) is 5.74. The van der Waals surface area contributed by atoms with E-state index in [-0.39, 0.29) is 0 Å². The molecular formula is C11H17BrN4O. The predicted octanol–water partition coefficient (Wildman–Crippen LogP) is 1.68. The van der Waals surface area contributed by atoms with E-state index in [4.69, 9.17) is 10.5 Å². The van der Waals surface area contributed by atoms with Crippen molar-refractivity contribution in [3.8, 4) is 0 Å². The summed E-state index contributed by atoms with van der Waals surface area (Å²) in [6.07, 6.45) is 2.64. The van der Waals surface area contributed by atoms with Gasteiger partial charge in [0.1, 0.15) is 10.4 Å². The second-order valence-corrected chi connectivity index (χ2v) is 5.17. The van der Waals surface area contributed by atoms with E-state index in [9.17, 15) is 0 Å². The van der Waals surface area contributed by atoms with Crippen molar-refractivity contribution < 1.29 is 4.74 Å². The lowest BCUT2D eigenvalue weighted by Gasteiger charge is -2.17. The summed E-state index contributed by atoms with van der Waals surface area (Å²) in [5, 5.41) is 0. The predicted molar refractivity (Wildman–Crippen MR) is 71.0 cm³/mol. The van der Waals surface area contributed by atoms with Crippen LogP contribution in [0.4, 0.5) is 11.8 Å². The molecule has 94 valence electrons. The number of hydrogen-bond acceptors (Lipinski definition) is 5. The van der Waals surface area contributed by atoms with E-state index in [1.807, 2.05) is 11.9 Å². The van der Waals surface area contributed by atoms with Crippen molar-refractivity contribution in [2.24, 2.45) is 5.92 Å². The van der Waals surface area contributed by atoms with Gasteiger partial charge < -0.3 is 15.4 Å². The molecule has 1 aromatic heterocycles. The number of aromatic nitrogens is 2. The maximum atomic E-state index is 5.66. The van der Waals surface area contributed by atoms with Gasteiger partial charge in [0, 0.05) is 26.3 Å². The van der Waals surface area contributed by atoms with Gasteiger partial charge >= 0.3 is 0 Å². The van der Waals surface area contributed by atoms with Gasteiger partial charge in [-0.25, -0.2) is 4.98 Å². The highest BCUT2D eigenvalue weighted by Gasteiger charge is 2.21. The number of nitrogen functional groups attached to an aromatic ring is 1. The van der Waals surface area contributed by atoms with E-state index in [0.717, 1.165) is 19.1 Å². The third kappa shape index (κ3) is 4.12. The van der Waals surface area contributed by atoms with Crippen LogP contribution in [0.5, 0.6) is 0 Å². The highest BCUT2D eigenvalue weighted by Crippen LogP contribution is 2.28. The number of rotatable bonds is 6. The first kappa shape index (κ1) is 12.6. The Hall–Kier alpha value is -0.880. The van der Waals surface area contributed by atoms with Crippen LogP contribution in [0.25, 0.3) is 0 Å². The molecule has 1 fully saturated rings. The van der Waals surface area contributed by atoms with Gasteiger partial charge in [-0.3, -0.25) is 0 Å². The quantitative estimate of drug-likeness (QED) is 0.640. The molecule has 0 amide bonds. The van der Waals surface area contributed by atoms with Gasteiger partial charge in [0.15, 0.2) is 0 Å². The van der Waals surface area contributed by atoms with E-state index in [2.05, 4.69) is 25.9 Å². The first-order chi connectivity index (χ1) is 8.15. The fourth-order valence-electron chi connectivity index (χ4n) is 1.43. The monoisotopic (exact) mass is 300 g/mol. The topological polar surface area (TPSA) is 64.3 Å². The number of nitrogens with two attached hydrogens (primary N) is 1. The molecule has 0 saturated heterocycles. The zero-order valence-corrected chi connectivity index (χ0v) is 11.5. The highest BCUT2D eigenvalue weighted by atomic mass is 79.9. The number of hydrogen-bond donors (Lipinski definition) is 1. The molecule has 5 nitrogen and oxygen atoms in total. The van der Waals surface area contributed by atoms with Gasteiger partial charge in [0.2, 0.25) is 5.95 Å². The summed E-state index contributed by atoms with van der Waals surface area (Å²) in [5.41, 5.74) is 5.66. The van der Waals surface area contributed by atoms with E-state index in [1.54, 1.807) is 6.07 Å². The third-order valence-electron chi connectivity index (χ3n) is 2.67. The van der Waals surface area contributed by atoms with Gasteiger partial charge in [-0.05, 0) is 34.7 Å². The van der Waals surface area contributed by atoms with Gasteiger partial charge in [-0.1, -0.05) is 0 Å². The van der Waals surface area contributed by atoms with Gasteiger partial charge in [0.25, 0.3) is 0 Å². The molecule has 6 heteroatoms. The molecule has 2 rings (SSSR count). The average molecular weight is 301 g/mol. The molecule has 1 aliphatic rings. The molecule has 1 aromatic rings. The Bertz CT molecular complexity index is 363. The summed E-state index contributed by atoms with van der Waals surface area (Å²) in [7, 11) is 1.93. The maximum absolute atomic E-state index is 5.66. The molecule has 0 radical (unpaired) electrons. The summed E-state index contributed by atoms with van der Waals surface area (Å²) in [6, 6.07) is 1.68. The van der Waals surface area contributed by atoms with Crippen LogP contribution < -0.4 is 10.6 Å². The third-order valence-corrected chi connectivity index (χ3v) is 3.07. The molecule has 1 heterocycles. The minimum Gasteiger partial charge on any atom is -0.383 e. The summed E-state index contributed by atoms with van der Waals surface area (Å²) < 4.78 is 6.27. The van der Waals surface area contributed by atoms with Crippen LogP contribution in [0.3, 0.4) is 0 Å². The zero-order valence-electron chi connectivity index (χ0n) is 9.90. The standard InChI is InChI=1S/C11H17BrN4O/c1-16(4-5-17-7-8-2-3-8)11-14-9(12)6-10(13)15-11/h6,8H,2-5,7H2,1H3,(H2,13,14,15). The Morgan fingerprint density at radius 1 is 1.53 bits per heavy atom. The normalized spacial score (nSPS) is 14.9. The molecule has 1 saturated carbocycles. The van der Waals surface area contributed by atoms with Crippen LogP contribution in [0.15, 0.2) is 10.7 Å². The van der Waals surface area contributed by atoms with Crippen molar-refractivity contribution in [2.75, 3.05) is 37.4 Å². The van der Waals surface area contributed by atoms with Crippen LogP contribution in [-0.4, -0.2) is 36.8 Å². The smallest absolute Gasteiger partial charge is 0.228 e. The van der Waals surface area contributed by atoms with E-state index in [1.165, 1.54) is 12.8 Å². The lowest BCUT2D eigenvalue weighted by atomic mass is 10.5. The largest absolute Gasteiger partial charge is 0.383 e. The van der Waals surface area contributed by atoms with E-state index in [0.29, 0.717) is 23.0 Å². The van der Waals surface area contributed by atoms with Crippen molar-refractivity contribution in [2.45, 2.75) is 12.8 Å². The number of anilines is 2. The van der Waals surface area contributed by atoms with Crippen LogP contribution in [0, 0.1) is 5.92 Å². The fourth-order valence-corrected chi connectivity index (χ4v) is 1.82. The molecule has 0 atom stereocenters. The minimum atomic E-state index is 0.465. The first-order valence-corrected chi connectivity index (χ1v) is 6.53. The lowest BCUT2D eigenvalue weighted by molar-refractivity contribution is 0.130. The van der Waals surface area contributed by atoms with Crippen LogP contribution in [-0.2, 0) is 4.74 Å². The fraction of sp³-hybridized carbons (Fsp3) is 0.636. The molecular weight excluding hydrogens is 284 g/mol. The van der Waals surface area contributed by atoms with Crippen LogP contribution >= 0.6 is 15.9 Å². The van der Waals surface area contributed by atoms with Gasteiger partial charge in [-0.2, -0.15) is 4.98 Å². The van der Waals surface area contributed by atoms with Crippen molar-refractivity contribution >= 4 is 27.7 Å². The van der Waals surface area contributed by atoms with E-state index >= 15 is 0 Å². The Kier molecular flexibility index (Phi) is 4.17. The van der Waals surface area contributed by atoms with Crippen molar-refractivity contribution in [1.29, 1.82) is 0 Å². The average Bonchev–Trinajstić information content (AvgIpc) is 3.06. The van der Waals surface area contributed by atoms with Gasteiger partial charge in [0.05, 0.1) is 6.61 Å². The molecule has 2 N–H and O–H groups in total. The van der Waals surface area contributed by atoms with Crippen molar-refractivity contribution in [3.63, 3.8) is 0 Å². The van der Waals surface area contributed by atoms with Gasteiger partial charge in [-0.15, -0.1) is 0 Å². The molecule has 0 spiro atoms. The molecule has 0 aromatic carbocycles. The summed E-state index contributed by atoms with van der Waals surface area (Å²) in [4.78, 5) is 10.4. The van der Waals surface area contributed by atoms with Crippen LogP contribution in [0.1, 0.15) is 12.8 Å². The molecule has 0 bridgehead atoms. The van der Waals surface area contributed by atoms with Crippen molar-refractivity contribution in [3.05, 3.63) is 10.7 Å². The summed E-state index contributed by atoms with van der Waals surface area (Å²) in [6.45, 7) is 2.35. The Labute approximate surface area is 110 Å². The number of ether oxygens (including phenoxy) is 1. The number of likely N-dealkylation sites (N-methyl/N-ethyl adjacent to an activating group) is 1. The minimum absolute atomic E-state index is 0.465. The second-order valence-electron chi connectivity index (χ2n) is 4.36. The molecule has 1 aliphatic carbocycles. The van der Waals surface area contributed by atoms with E-state index < -0.39 is 0 Å². The van der Waals surface area contributed by atoms with Crippen molar-refractivity contribution in [1.82, 2.24) is 9.97 Å². The maximum Gasteiger partial charge on any atom is 0.228 e. The Morgan fingerprint density at radius 2 is 2.29 bits per heavy atom. The summed E-state index contributed by atoms with van der Waals surface area (Å²) >= 11 is 3.30. The summed E-state index contributed by atoms with van der Waals surface area (Å²) in [5.74, 6) is 1.89. The highest BCUT2D eigenvalue weighted by molar-refractivity contribution is 9.10. The lowest BCUT2D eigenvalue weighted by Crippen LogP contribution is -2.25. The number of nitrogens with zero attached hydrogens (tertiary/aromatic N) is 3. The molecule has 0 aliphatic heterocycles.